The molecule has 466 valence electrons. The maximum atomic E-state index is 5.82. The zero-order valence-electron chi connectivity index (χ0n) is 54.2. The van der Waals surface area contributed by atoms with Gasteiger partial charge in [0.2, 0.25) is 0 Å². The number of para-hydroxylation sites is 4. The zero-order chi connectivity index (χ0) is 66.0. The van der Waals surface area contributed by atoms with Crippen LogP contribution in [0.4, 0.5) is 34.1 Å². The van der Waals surface area contributed by atoms with Crippen LogP contribution >= 0.6 is 0 Å². The highest BCUT2D eigenvalue weighted by Gasteiger charge is 2.43. The minimum atomic E-state index is -0.0139. The van der Waals surface area contributed by atoms with Crippen molar-refractivity contribution >= 4 is 79.0 Å². The van der Waals surface area contributed by atoms with Gasteiger partial charge in [-0.2, -0.15) is 0 Å². The molecule has 9 heteroatoms. The summed E-state index contributed by atoms with van der Waals surface area (Å²) >= 11 is 0. The third-order valence-corrected chi connectivity index (χ3v) is 19.6. The molecule has 8 nitrogen and oxygen atoms in total. The van der Waals surface area contributed by atoms with Gasteiger partial charge in [0.15, 0.2) is 23.3 Å². The van der Waals surface area contributed by atoms with Crippen LogP contribution in [0.25, 0.3) is 129 Å². The number of nitrogens with zero attached hydrogens (tertiary/aromatic N) is 8. The van der Waals surface area contributed by atoms with E-state index >= 15 is 0 Å². The number of fused-ring (bicyclic) bond motifs is 7. The van der Waals surface area contributed by atoms with Crippen LogP contribution in [0.3, 0.4) is 0 Å². The van der Waals surface area contributed by atoms with Crippen LogP contribution in [0.15, 0.2) is 358 Å². The molecule has 0 saturated carbocycles. The van der Waals surface area contributed by atoms with Gasteiger partial charge in [0.25, 0.3) is 6.71 Å². The summed E-state index contributed by atoms with van der Waals surface area (Å²) in [6.07, 6.45) is 0. The molecule has 0 aliphatic carbocycles. The van der Waals surface area contributed by atoms with Crippen molar-refractivity contribution in [2.75, 3.05) is 9.80 Å². The molecule has 2 aliphatic heterocycles. The molecule has 0 spiro atoms. The second-order valence-electron chi connectivity index (χ2n) is 25.5. The van der Waals surface area contributed by atoms with Gasteiger partial charge in [-0.05, 0) is 153 Å². The van der Waals surface area contributed by atoms with Gasteiger partial charge in [-0.15, -0.1) is 0 Å². The summed E-state index contributed by atoms with van der Waals surface area (Å²) in [5.41, 5.74) is 27.0. The summed E-state index contributed by atoms with van der Waals surface area (Å²) in [5.74, 6) is 2.20. The van der Waals surface area contributed by atoms with Gasteiger partial charge >= 0.3 is 0 Å². The molecule has 2 aliphatic rings. The quantitative estimate of drug-likeness (QED) is 0.113. The highest BCUT2D eigenvalue weighted by atomic mass is 15.2. The number of rotatable bonds is 12. The minimum absolute atomic E-state index is 0.0139. The van der Waals surface area contributed by atoms with Crippen LogP contribution in [0.2, 0.25) is 0 Å². The first-order valence-electron chi connectivity index (χ1n) is 33.9. The fourth-order valence-electron chi connectivity index (χ4n) is 15.0. The Bertz CT molecular complexity index is 5710. The average molecular weight is 1280 g/mol. The molecule has 19 rings (SSSR count). The van der Waals surface area contributed by atoms with Gasteiger partial charge in [-0.1, -0.05) is 255 Å². The Kier molecular flexibility index (Phi) is 14.1. The van der Waals surface area contributed by atoms with Gasteiger partial charge in [-0.3, -0.25) is 0 Å². The third kappa shape index (κ3) is 10.1. The Hall–Kier alpha value is -13.4. The first-order chi connectivity index (χ1) is 49.6. The van der Waals surface area contributed by atoms with Crippen molar-refractivity contribution in [2.24, 2.45) is 0 Å². The Morgan fingerprint density at radius 2 is 0.610 bits per heavy atom. The predicted octanol–water partition coefficient (Wildman–Crippen LogP) is 20.8. The second kappa shape index (κ2) is 24.4. The summed E-state index contributed by atoms with van der Waals surface area (Å²) in [6.45, 7) is -0.0139. The number of anilines is 6. The fraction of sp³-hybridized carbons (Fsp3) is 0. The van der Waals surface area contributed by atoms with Gasteiger partial charge in [0, 0.05) is 78.3 Å². The molecule has 0 unspecified atom stereocenters. The summed E-state index contributed by atoms with van der Waals surface area (Å²) in [7, 11) is 0. The average Bonchev–Trinajstić information content (AvgIpc) is 0.714. The normalized spacial score (nSPS) is 12.1. The lowest BCUT2D eigenvalue weighted by molar-refractivity contribution is 1.07. The first-order valence-corrected chi connectivity index (χ1v) is 33.9. The van der Waals surface area contributed by atoms with E-state index < -0.39 is 0 Å². The monoisotopic (exact) mass is 1270 g/mol. The second-order valence-corrected chi connectivity index (χ2v) is 25.5. The molecule has 0 atom stereocenters. The molecule has 100 heavy (non-hydrogen) atoms. The molecule has 14 aromatic carbocycles. The van der Waals surface area contributed by atoms with Crippen molar-refractivity contribution in [1.29, 1.82) is 0 Å². The summed E-state index contributed by atoms with van der Waals surface area (Å²) in [6, 6.07) is 128. The summed E-state index contributed by atoms with van der Waals surface area (Å²) in [5, 5.41) is 2.24. The zero-order valence-corrected chi connectivity index (χ0v) is 54.2. The van der Waals surface area contributed by atoms with Gasteiger partial charge in [0.1, 0.15) is 0 Å². The molecule has 3 aromatic heterocycles. The predicted molar refractivity (Wildman–Crippen MR) is 413 cm³/mol. The van der Waals surface area contributed by atoms with E-state index in [1.54, 1.807) is 0 Å². The molecule has 0 N–H and O–H groups in total. The molecule has 0 saturated heterocycles. The molecular formula is C91H59BN8. The van der Waals surface area contributed by atoms with E-state index in [1.807, 2.05) is 60.7 Å². The van der Waals surface area contributed by atoms with Crippen molar-refractivity contribution in [3.8, 4) is 107 Å². The molecule has 0 amide bonds. The van der Waals surface area contributed by atoms with Crippen molar-refractivity contribution in [1.82, 2.24) is 29.5 Å². The number of aromatic nitrogens is 6. The first kappa shape index (κ1) is 58.0. The maximum Gasteiger partial charge on any atom is 0.252 e. The molecule has 5 heterocycles. The van der Waals surface area contributed by atoms with Gasteiger partial charge < -0.3 is 14.4 Å². The SMILES string of the molecule is c1ccc(-c2ccc3c(c2)c2cc(-c4ccccc4)ccc2n3-c2ccc(-c3nc(-c4ccccc4)nc(-c4ccccc4)n3)cc2-c2nc(-c3ccccc3)cc(-c3cccc(-c4cc5c6c(c4)N(c4ccccc4)c4ccccc4B6c4ccccc4N5c4ccccc4)c3)n2)cc1. The molecule has 0 bridgehead atoms. The maximum absolute atomic E-state index is 5.82. The summed E-state index contributed by atoms with van der Waals surface area (Å²) < 4.78 is 2.39. The standard InChI is InChI=1S/C91H59BN8/c1-8-27-60(28-9-1)66-47-50-80-73(54-66)74-55-67(61-29-10-2-11-30-61)48-51-81(74)100(80)82-52-49-69(90-96-88(63-33-14-4-15-34-63)95-89(97-90)64-35-16-5-17-36-64)56-75(82)91-93-78(62-31-12-3-13-32-62)59-79(94-91)68-38-26-37-65(53-68)70-57-85-87-86(58-70)99(72-41-20-7-21-42-72)84-46-25-23-44-77(84)92(87)76-43-22-24-45-83(76)98(85)71-39-18-6-19-40-71/h1-59H. The van der Waals surface area contributed by atoms with Crippen LogP contribution in [-0.2, 0) is 0 Å². The largest absolute Gasteiger partial charge is 0.311 e. The minimum Gasteiger partial charge on any atom is -0.311 e. The third-order valence-electron chi connectivity index (χ3n) is 19.6. The topological polar surface area (TPSA) is 75.9 Å². The fourth-order valence-corrected chi connectivity index (χ4v) is 15.0. The van der Waals surface area contributed by atoms with E-state index in [9.17, 15) is 0 Å². The van der Waals surface area contributed by atoms with Crippen LogP contribution in [-0.4, -0.2) is 36.2 Å². The van der Waals surface area contributed by atoms with Crippen LogP contribution in [0, 0.1) is 0 Å². The summed E-state index contributed by atoms with van der Waals surface area (Å²) in [4.78, 5) is 32.2. The lowest BCUT2D eigenvalue weighted by atomic mass is 9.33. The van der Waals surface area contributed by atoms with Crippen molar-refractivity contribution in [3.63, 3.8) is 0 Å². The highest BCUT2D eigenvalue weighted by molar-refractivity contribution is 7.00. The Morgan fingerprint density at radius 1 is 0.220 bits per heavy atom. The smallest absolute Gasteiger partial charge is 0.252 e. The molecule has 17 aromatic rings. The van der Waals surface area contributed by atoms with Gasteiger partial charge in [0.05, 0.1) is 28.1 Å². The number of benzene rings is 14. The van der Waals surface area contributed by atoms with Crippen molar-refractivity contribution in [3.05, 3.63) is 358 Å². The Morgan fingerprint density at radius 3 is 1.11 bits per heavy atom. The lowest BCUT2D eigenvalue weighted by Gasteiger charge is -2.44. The lowest BCUT2D eigenvalue weighted by Crippen LogP contribution is -2.61. The Balaban J connectivity index is 0.846. The Labute approximate surface area is 579 Å². The number of hydrogen-bond acceptors (Lipinski definition) is 7. The van der Waals surface area contributed by atoms with Gasteiger partial charge in [-0.25, -0.2) is 24.9 Å². The van der Waals surface area contributed by atoms with Crippen molar-refractivity contribution in [2.45, 2.75) is 0 Å². The highest BCUT2D eigenvalue weighted by Crippen LogP contribution is 2.48. The van der Waals surface area contributed by atoms with E-state index in [4.69, 9.17) is 24.9 Å². The number of hydrogen-bond donors (Lipinski definition) is 0. The van der Waals surface area contributed by atoms with E-state index in [2.05, 4.69) is 312 Å². The van der Waals surface area contributed by atoms with E-state index in [0.29, 0.717) is 23.3 Å². The van der Waals surface area contributed by atoms with Crippen LogP contribution < -0.4 is 26.2 Å². The van der Waals surface area contributed by atoms with Crippen LogP contribution in [0.5, 0.6) is 0 Å². The molecule has 0 radical (unpaired) electrons. The van der Waals surface area contributed by atoms with Crippen LogP contribution in [0.1, 0.15) is 0 Å². The van der Waals surface area contributed by atoms with E-state index in [1.165, 1.54) is 16.4 Å². The van der Waals surface area contributed by atoms with E-state index in [0.717, 1.165) is 140 Å². The van der Waals surface area contributed by atoms with E-state index in [-0.39, 0.29) is 6.71 Å². The molecule has 0 fully saturated rings. The molecular weight excluding hydrogens is 1220 g/mol. The van der Waals surface area contributed by atoms with Crippen molar-refractivity contribution < 1.29 is 0 Å².